The van der Waals surface area contributed by atoms with E-state index in [-0.39, 0.29) is 18.6 Å². The molecule has 1 aromatic carbocycles. The van der Waals surface area contributed by atoms with E-state index in [0.29, 0.717) is 12.0 Å². The molecule has 0 heterocycles. The minimum absolute atomic E-state index is 0.153. The molecule has 1 aromatic rings. The molecule has 1 fully saturated rings. The first-order valence-corrected chi connectivity index (χ1v) is 7.35. The zero-order chi connectivity index (χ0) is 15.2. The van der Waals surface area contributed by atoms with Crippen LogP contribution < -0.4 is 0 Å². The molecule has 1 aliphatic carbocycles. The van der Waals surface area contributed by atoms with E-state index >= 15 is 0 Å². The topological polar surface area (TPSA) is 26.3 Å². The maximum atomic E-state index is 13.4. The third-order valence-electron chi connectivity index (χ3n) is 3.96. The second-order valence-corrected chi connectivity index (χ2v) is 5.56. The Morgan fingerprint density at radius 2 is 1.71 bits per heavy atom. The van der Waals surface area contributed by atoms with Gasteiger partial charge in [0.25, 0.3) is 0 Å². The van der Waals surface area contributed by atoms with E-state index in [2.05, 4.69) is 0 Å². The van der Waals surface area contributed by atoms with E-state index in [1.54, 1.807) is 0 Å². The highest BCUT2D eigenvalue weighted by atomic mass is 19.2. The smallest absolute Gasteiger partial charge is 0.306 e. The molecule has 0 N–H and O–H groups in total. The van der Waals surface area contributed by atoms with Gasteiger partial charge in [0.1, 0.15) is 12.4 Å². The molecule has 0 radical (unpaired) electrons. The molecule has 5 heteroatoms. The quantitative estimate of drug-likeness (QED) is 0.591. The first-order valence-electron chi connectivity index (χ1n) is 7.35. The average Bonchev–Trinajstić information content (AvgIpc) is 2.48. The van der Waals surface area contributed by atoms with Gasteiger partial charge in [-0.25, -0.2) is 13.2 Å². The van der Waals surface area contributed by atoms with Crippen LogP contribution in [0.15, 0.2) is 12.1 Å². The van der Waals surface area contributed by atoms with Crippen LogP contribution in [-0.4, -0.2) is 5.97 Å². The number of carbonyl (C=O) groups excluding carboxylic acids is 1. The van der Waals surface area contributed by atoms with E-state index in [0.717, 1.165) is 25.3 Å². The summed E-state index contributed by atoms with van der Waals surface area (Å²) in [6.45, 7) is -0.369. The normalized spacial score (nSPS) is 16.0. The lowest BCUT2D eigenvalue weighted by atomic mass is 9.86. The van der Waals surface area contributed by atoms with Crippen molar-refractivity contribution in [2.75, 3.05) is 0 Å². The van der Waals surface area contributed by atoms with Crippen LogP contribution in [0, 0.1) is 23.4 Å². The Hall–Kier alpha value is -1.52. The van der Waals surface area contributed by atoms with E-state index in [1.807, 2.05) is 0 Å². The van der Waals surface area contributed by atoms with Gasteiger partial charge in [0.05, 0.1) is 0 Å². The number of benzene rings is 1. The maximum Gasteiger partial charge on any atom is 0.306 e. The van der Waals surface area contributed by atoms with E-state index in [1.165, 1.54) is 19.3 Å². The van der Waals surface area contributed by atoms with Crippen molar-refractivity contribution in [3.05, 3.63) is 35.1 Å². The lowest BCUT2D eigenvalue weighted by Gasteiger charge is -2.20. The summed E-state index contributed by atoms with van der Waals surface area (Å²) in [5.41, 5.74) is -0.153. The molecule has 116 valence electrons. The first-order chi connectivity index (χ1) is 10.1. The first kappa shape index (κ1) is 15.9. The van der Waals surface area contributed by atoms with Gasteiger partial charge >= 0.3 is 5.97 Å². The van der Waals surface area contributed by atoms with Crippen LogP contribution in [-0.2, 0) is 16.1 Å². The summed E-state index contributed by atoms with van der Waals surface area (Å²) in [7, 11) is 0. The van der Waals surface area contributed by atoms with Gasteiger partial charge in [0, 0.05) is 18.1 Å². The van der Waals surface area contributed by atoms with Crippen molar-refractivity contribution in [3.63, 3.8) is 0 Å². The average molecular weight is 300 g/mol. The minimum atomic E-state index is -1.25. The van der Waals surface area contributed by atoms with Gasteiger partial charge in [-0.2, -0.15) is 0 Å². The third kappa shape index (κ3) is 4.76. The van der Waals surface area contributed by atoms with Crippen LogP contribution in [0.5, 0.6) is 0 Å². The molecule has 0 spiro atoms. The zero-order valence-electron chi connectivity index (χ0n) is 11.8. The fourth-order valence-corrected chi connectivity index (χ4v) is 2.70. The fourth-order valence-electron chi connectivity index (χ4n) is 2.70. The summed E-state index contributed by atoms with van der Waals surface area (Å²) in [6.07, 6.45) is 7.03. The number of halogens is 3. The highest BCUT2D eigenvalue weighted by Gasteiger charge is 2.16. The summed E-state index contributed by atoms with van der Waals surface area (Å²) in [5, 5.41) is 0. The highest BCUT2D eigenvalue weighted by molar-refractivity contribution is 5.69. The Morgan fingerprint density at radius 3 is 2.43 bits per heavy atom. The van der Waals surface area contributed by atoms with Crippen molar-refractivity contribution in [2.45, 2.75) is 51.6 Å². The second-order valence-electron chi connectivity index (χ2n) is 5.56. The molecule has 2 rings (SSSR count). The number of carbonyl (C=O) groups is 1. The molecule has 2 nitrogen and oxygen atoms in total. The van der Waals surface area contributed by atoms with Gasteiger partial charge in [0.2, 0.25) is 0 Å². The molecule has 0 atom stereocenters. The van der Waals surface area contributed by atoms with Crippen LogP contribution >= 0.6 is 0 Å². The summed E-state index contributed by atoms with van der Waals surface area (Å²) >= 11 is 0. The number of ether oxygens (including phenoxy) is 1. The Kier molecular flexibility index (Phi) is 5.65. The zero-order valence-corrected chi connectivity index (χ0v) is 11.8. The molecule has 0 aliphatic heterocycles. The van der Waals surface area contributed by atoms with Gasteiger partial charge in [-0.15, -0.1) is 0 Å². The summed E-state index contributed by atoms with van der Waals surface area (Å²) in [6, 6.07) is 1.18. The third-order valence-corrected chi connectivity index (χ3v) is 3.96. The highest BCUT2D eigenvalue weighted by Crippen LogP contribution is 2.27. The van der Waals surface area contributed by atoms with E-state index in [4.69, 9.17) is 4.74 Å². The van der Waals surface area contributed by atoms with Crippen molar-refractivity contribution in [1.29, 1.82) is 0 Å². The lowest BCUT2D eigenvalue weighted by molar-refractivity contribution is -0.145. The Balaban J connectivity index is 1.77. The predicted octanol–water partition coefficient (Wildman–Crippen LogP) is 4.51. The largest absolute Gasteiger partial charge is 0.461 e. The van der Waals surface area contributed by atoms with Crippen LogP contribution in [0.4, 0.5) is 13.2 Å². The van der Waals surface area contributed by atoms with Crippen molar-refractivity contribution >= 4 is 5.97 Å². The van der Waals surface area contributed by atoms with E-state index in [9.17, 15) is 18.0 Å². The van der Waals surface area contributed by atoms with Gasteiger partial charge in [0.15, 0.2) is 11.6 Å². The lowest BCUT2D eigenvalue weighted by Crippen LogP contribution is -2.11. The Morgan fingerprint density at radius 1 is 1.05 bits per heavy atom. The number of esters is 1. The summed E-state index contributed by atoms with van der Waals surface area (Å²) in [4.78, 5) is 11.6. The number of hydrogen-bond acceptors (Lipinski definition) is 2. The van der Waals surface area contributed by atoms with Crippen LogP contribution in [0.25, 0.3) is 0 Å². The van der Waals surface area contributed by atoms with Gasteiger partial charge < -0.3 is 4.74 Å². The molecule has 0 aromatic heterocycles. The molecule has 1 saturated carbocycles. The molecule has 0 saturated heterocycles. The molecule has 1 aliphatic rings. The SMILES string of the molecule is O=C(CCC1CCCCC1)OCc1cc(F)c(F)cc1F. The van der Waals surface area contributed by atoms with Gasteiger partial charge in [-0.3, -0.25) is 4.79 Å². The van der Waals surface area contributed by atoms with Crippen molar-refractivity contribution in [3.8, 4) is 0 Å². The molecule has 0 unspecified atom stereocenters. The maximum absolute atomic E-state index is 13.4. The molecule has 0 bridgehead atoms. The minimum Gasteiger partial charge on any atom is -0.461 e. The number of rotatable bonds is 5. The number of hydrogen-bond donors (Lipinski definition) is 0. The van der Waals surface area contributed by atoms with Gasteiger partial charge in [-0.1, -0.05) is 32.1 Å². The predicted molar refractivity (Wildman–Crippen MR) is 71.9 cm³/mol. The van der Waals surface area contributed by atoms with Crippen molar-refractivity contribution < 1.29 is 22.7 Å². The van der Waals surface area contributed by atoms with Crippen molar-refractivity contribution in [1.82, 2.24) is 0 Å². The Bertz CT molecular complexity index is 497. The molecular weight excluding hydrogens is 281 g/mol. The Labute approximate surface area is 122 Å². The van der Waals surface area contributed by atoms with Crippen molar-refractivity contribution in [2.24, 2.45) is 5.92 Å². The van der Waals surface area contributed by atoms with Gasteiger partial charge in [-0.05, 0) is 18.4 Å². The standard InChI is InChI=1S/C16H19F3O2/c17-13-9-15(19)14(18)8-12(13)10-21-16(20)7-6-11-4-2-1-3-5-11/h8-9,11H,1-7,10H2. The monoisotopic (exact) mass is 300 g/mol. The second kappa shape index (κ2) is 7.48. The molecule has 0 amide bonds. The fraction of sp³-hybridized carbons (Fsp3) is 0.562. The van der Waals surface area contributed by atoms with Crippen LogP contribution in [0.1, 0.15) is 50.5 Å². The summed E-state index contributed by atoms with van der Waals surface area (Å²) < 4.78 is 44.0. The van der Waals surface area contributed by atoms with E-state index < -0.39 is 23.4 Å². The molecule has 21 heavy (non-hydrogen) atoms. The summed E-state index contributed by atoms with van der Waals surface area (Å²) in [5.74, 6) is -3.17. The van der Waals surface area contributed by atoms with Crippen LogP contribution in [0.3, 0.4) is 0 Å². The van der Waals surface area contributed by atoms with Crippen LogP contribution in [0.2, 0.25) is 0 Å². The molecular formula is C16H19F3O2.